The largest absolute Gasteiger partial charge is 0.306 e. The topological polar surface area (TPSA) is 29.7 Å². The van der Waals surface area contributed by atoms with Gasteiger partial charge in [0.1, 0.15) is 5.65 Å². The zero-order chi connectivity index (χ0) is 13.2. The van der Waals surface area contributed by atoms with E-state index >= 15 is 0 Å². The van der Waals surface area contributed by atoms with Crippen LogP contribution < -0.4 is 0 Å². The maximum atomic E-state index is 4.60. The molecule has 0 aliphatic heterocycles. The Bertz CT molecular complexity index is 781. The average molecular weight is 265 g/mol. The Labute approximate surface area is 116 Å². The Kier molecular flexibility index (Phi) is 2.95. The van der Waals surface area contributed by atoms with E-state index in [1.807, 2.05) is 40.9 Å². The van der Waals surface area contributed by atoms with Gasteiger partial charge in [0.15, 0.2) is 0 Å². The molecule has 0 radical (unpaired) electrons. The molecule has 0 aliphatic carbocycles. The highest BCUT2D eigenvalue weighted by Gasteiger charge is 2.04. The van der Waals surface area contributed by atoms with Crippen LogP contribution in [0.3, 0.4) is 0 Å². The van der Waals surface area contributed by atoms with Crippen LogP contribution in [-0.4, -0.2) is 14.5 Å². The van der Waals surface area contributed by atoms with Gasteiger partial charge in [-0.05, 0) is 42.9 Å². The number of aliphatic imine (C=N–C) groups is 1. The number of pyridine rings is 1. The first kappa shape index (κ1) is 11.8. The average Bonchev–Trinajstić information content (AvgIpc) is 2.83. The third-order valence-electron chi connectivity index (χ3n) is 2.94. The normalized spacial score (nSPS) is 10.4. The zero-order valence-corrected chi connectivity index (χ0v) is 11.2. The number of thiocarbonyl (C=S) groups is 1. The number of fused-ring (bicyclic) bond motifs is 1. The standard InChI is InChI=1S/C15H11N3S/c1-11-2-7-15-17-14(9-18(15)8-11)12-3-5-13(6-4-12)16-10-19/h2-9H,1H3. The second kappa shape index (κ2) is 4.76. The van der Waals surface area contributed by atoms with Crippen molar-refractivity contribution in [3.63, 3.8) is 0 Å². The summed E-state index contributed by atoms with van der Waals surface area (Å²) in [5.41, 5.74) is 4.97. The maximum Gasteiger partial charge on any atom is 0.137 e. The summed E-state index contributed by atoms with van der Waals surface area (Å²) >= 11 is 4.58. The number of imidazole rings is 1. The Morgan fingerprint density at radius 2 is 1.89 bits per heavy atom. The Morgan fingerprint density at radius 1 is 1.11 bits per heavy atom. The Hall–Kier alpha value is -2.29. The van der Waals surface area contributed by atoms with Crippen LogP contribution in [0.15, 0.2) is 53.8 Å². The van der Waals surface area contributed by atoms with Crippen molar-refractivity contribution in [1.29, 1.82) is 0 Å². The molecule has 92 valence electrons. The number of hydrogen-bond acceptors (Lipinski definition) is 3. The lowest BCUT2D eigenvalue weighted by Gasteiger charge is -1.96. The first-order chi connectivity index (χ1) is 9.26. The molecule has 3 aromatic rings. The molecule has 0 unspecified atom stereocenters. The van der Waals surface area contributed by atoms with E-state index in [0.29, 0.717) is 0 Å². The van der Waals surface area contributed by atoms with Gasteiger partial charge in [0.2, 0.25) is 0 Å². The molecule has 0 saturated carbocycles. The van der Waals surface area contributed by atoms with Gasteiger partial charge in [0.05, 0.1) is 16.5 Å². The van der Waals surface area contributed by atoms with Crippen molar-refractivity contribution in [3.05, 3.63) is 54.4 Å². The highest BCUT2D eigenvalue weighted by molar-refractivity contribution is 7.78. The smallest absolute Gasteiger partial charge is 0.137 e. The molecule has 19 heavy (non-hydrogen) atoms. The van der Waals surface area contributed by atoms with Gasteiger partial charge in [0, 0.05) is 18.0 Å². The van der Waals surface area contributed by atoms with Gasteiger partial charge in [-0.15, -0.1) is 0 Å². The van der Waals surface area contributed by atoms with Crippen LogP contribution >= 0.6 is 12.2 Å². The molecule has 4 heteroatoms. The van der Waals surface area contributed by atoms with E-state index in [-0.39, 0.29) is 0 Å². The molecule has 2 aromatic heterocycles. The summed E-state index contributed by atoms with van der Waals surface area (Å²) in [6.45, 7) is 2.07. The highest BCUT2D eigenvalue weighted by Crippen LogP contribution is 2.22. The molecule has 0 atom stereocenters. The number of rotatable bonds is 2. The summed E-state index contributed by atoms with van der Waals surface area (Å²) in [6.07, 6.45) is 4.09. The van der Waals surface area contributed by atoms with E-state index in [2.05, 4.69) is 46.5 Å². The van der Waals surface area contributed by atoms with E-state index in [4.69, 9.17) is 0 Å². The summed E-state index contributed by atoms with van der Waals surface area (Å²) < 4.78 is 2.04. The maximum absolute atomic E-state index is 4.60. The lowest BCUT2D eigenvalue weighted by atomic mass is 10.1. The lowest BCUT2D eigenvalue weighted by molar-refractivity contribution is 1.16. The van der Waals surface area contributed by atoms with Crippen molar-refractivity contribution in [1.82, 2.24) is 9.38 Å². The minimum Gasteiger partial charge on any atom is -0.306 e. The van der Waals surface area contributed by atoms with Crippen LogP contribution in [0, 0.1) is 6.92 Å². The van der Waals surface area contributed by atoms with Crippen molar-refractivity contribution >= 4 is 28.7 Å². The first-order valence-electron chi connectivity index (χ1n) is 5.90. The second-order valence-electron chi connectivity index (χ2n) is 4.35. The molecule has 0 amide bonds. The Balaban J connectivity index is 2.05. The highest BCUT2D eigenvalue weighted by atomic mass is 32.1. The van der Waals surface area contributed by atoms with Crippen LogP contribution in [0.2, 0.25) is 0 Å². The van der Waals surface area contributed by atoms with Crippen LogP contribution in [0.4, 0.5) is 5.69 Å². The van der Waals surface area contributed by atoms with Gasteiger partial charge in [-0.25, -0.2) is 4.98 Å². The lowest BCUT2D eigenvalue weighted by Crippen LogP contribution is -1.82. The van der Waals surface area contributed by atoms with Crippen molar-refractivity contribution in [2.24, 2.45) is 4.99 Å². The molecule has 0 fully saturated rings. The Morgan fingerprint density at radius 3 is 2.63 bits per heavy atom. The minimum absolute atomic E-state index is 0.804. The molecule has 0 bridgehead atoms. The molecule has 0 saturated heterocycles. The molecular weight excluding hydrogens is 254 g/mol. The molecule has 2 heterocycles. The third-order valence-corrected chi connectivity index (χ3v) is 3.03. The fourth-order valence-corrected chi connectivity index (χ4v) is 2.11. The molecule has 0 aliphatic rings. The van der Waals surface area contributed by atoms with Gasteiger partial charge in [-0.3, -0.25) is 0 Å². The number of benzene rings is 1. The number of aryl methyl sites for hydroxylation is 1. The van der Waals surface area contributed by atoms with Crippen LogP contribution in [0.25, 0.3) is 16.9 Å². The first-order valence-corrected chi connectivity index (χ1v) is 6.31. The summed E-state index contributed by atoms with van der Waals surface area (Å²) in [5.74, 6) is 0. The van der Waals surface area contributed by atoms with E-state index in [9.17, 15) is 0 Å². The predicted molar refractivity (Wildman–Crippen MR) is 80.1 cm³/mol. The fraction of sp³-hybridized carbons (Fsp3) is 0.0667. The molecule has 0 spiro atoms. The van der Waals surface area contributed by atoms with Gasteiger partial charge in [0.25, 0.3) is 0 Å². The summed E-state index contributed by atoms with van der Waals surface area (Å²) in [5, 5.41) is 2.36. The van der Waals surface area contributed by atoms with Crippen LogP contribution in [0.1, 0.15) is 5.56 Å². The summed E-state index contributed by atoms with van der Waals surface area (Å²) in [7, 11) is 0. The second-order valence-corrected chi connectivity index (χ2v) is 4.53. The van der Waals surface area contributed by atoms with E-state index in [1.54, 1.807) is 0 Å². The monoisotopic (exact) mass is 265 g/mol. The summed E-state index contributed by atoms with van der Waals surface area (Å²) in [6, 6.07) is 11.9. The SMILES string of the molecule is Cc1ccc2nc(-c3ccc(N=C=S)cc3)cn2c1. The van der Waals surface area contributed by atoms with Crippen LogP contribution in [0.5, 0.6) is 0 Å². The quantitative estimate of drug-likeness (QED) is 0.517. The predicted octanol–water partition coefficient (Wildman–Crippen LogP) is 4.04. The van der Waals surface area contributed by atoms with E-state index in [0.717, 1.165) is 22.6 Å². The molecule has 0 N–H and O–H groups in total. The van der Waals surface area contributed by atoms with Gasteiger partial charge in [-0.1, -0.05) is 18.2 Å². The van der Waals surface area contributed by atoms with Gasteiger partial charge >= 0.3 is 0 Å². The van der Waals surface area contributed by atoms with E-state index < -0.39 is 0 Å². The van der Waals surface area contributed by atoms with Gasteiger partial charge < -0.3 is 4.40 Å². The molecule has 3 rings (SSSR count). The number of aromatic nitrogens is 2. The van der Waals surface area contributed by atoms with Crippen LogP contribution in [-0.2, 0) is 0 Å². The number of isothiocyanates is 1. The molecule has 1 aromatic carbocycles. The minimum atomic E-state index is 0.804. The molecular formula is C15H11N3S. The van der Waals surface area contributed by atoms with Crippen molar-refractivity contribution in [3.8, 4) is 11.3 Å². The van der Waals surface area contributed by atoms with Crippen molar-refractivity contribution < 1.29 is 0 Å². The van der Waals surface area contributed by atoms with E-state index in [1.165, 1.54) is 5.56 Å². The van der Waals surface area contributed by atoms with Gasteiger partial charge in [-0.2, -0.15) is 4.99 Å². The molecule has 3 nitrogen and oxygen atoms in total. The summed E-state index contributed by atoms with van der Waals surface area (Å²) in [4.78, 5) is 8.53. The van der Waals surface area contributed by atoms with Crippen molar-refractivity contribution in [2.75, 3.05) is 0 Å². The fourth-order valence-electron chi connectivity index (χ4n) is 2.00. The zero-order valence-electron chi connectivity index (χ0n) is 10.4. The number of hydrogen-bond donors (Lipinski definition) is 0. The number of nitrogens with zero attached hydrogens (tertiary/aromatic N) is 3. The third kappa shape index (κ3) is 2.32. The van der Waals surface area contributed by atoms with Crippen molar-refractivity contribution in [2.45, 2.75) is 6.92 Å².